The Hall–Kier alpha value is -1.59. The number of halogens is 2. The monoisotopic (exact) mass is 341 g/mol. The summed E-state index contributed by atoms with van der Waals surface area (Å²) in [7, 11) is 0. The van der Waals surface area contributed by atoms with Crippen molar-refractivity contribution in [3.63, 3.8) is 0 Å². The number of hydrogen-bond acceptors (Lipinski definition) is 3. The van der Waals surface area contributed by atoms with Crippen LogP contribution in [-0.2, 0) is 0 Å². The predicted molar refractivity (Wildman–Crippen MR) is 75.2 cm³/mol. The first-order valence-electron chi connectivity index (χ1n) is 5.30. The third-order valence-electron chi connectivity index (χ3n) is 2.41. The SMILES string of the molecule is Cc1cc(Br)ccc1Oc1cc(C(=O)O)c(Cl)cn1. The van der Waals surface area contributed by atoms with Gasteiger partial charge in [0.05, 0.1) is 16.8 Å². The Balaban J connectivity index is 2.33. The van der Waals surface area contributed by atoms with Crippen molar-refractivity contribution >= 4 is 33.5 Å². The van der Waals surface area contributed by atoms with Crippen molar-refractivity contribution in [1.29, 1.82) is 0 Å². The summed E-state index contributed by atoms with van der Waals surface area (Å²) in [6, 6.07) is 6.79. The summed E-state index contributed by atoms with van der Waals surface area (Å²) < 4.78 is 6.49. The van der Waals surface area contributed by atoms with Crippen LogP contribution < -0.4 is 4.74 Å². The molecule has 19 heavy (non-hydrogen) atoms. The Morgan fingerprint density at radius 3 is 2.79 bits per heavy atom. The van der Waals surface area contributed by atoms with E-state index < -0.39 is 5.97 Å². The molecule has 0 amide bonds. The number of aromatic carboxylic acids is 1. The van der Waals surface area contributed by atoms with Crippen molar-refractivity contribution in [3.05, 3.63) is 51.1 Å². The van der Waals surface area contributed by atoms with Gasteiger partial charge in [0.25, 0.3) is 0 Å². The Bertz CT molecular complexity index is 646. The molecule has 0 radical (unpaired) electrons. The highest BCUT2D eigenvalue weighted by Gasteiger charge is 2.12. The molecule has 0 unspecified atom stereocenters. The number of pyridine rings is 1. The van der Waals surface area contributed by atoms with Gasteiger partial charge < -0.3 is 9.84 Å². The molecule has 4 nitrogen and oxygen atoms in total. The summed E-state index contributed by atoms with van der Waals surface area (Å²) in [6.07, 6.45) is 1.26. The van der Waals surface area contributed by atoms with Gasteiger partial charge in [0, 0.05) is 10.5 Å². The number of carbonyl (C=O) groups is 1. The van der Waals surface area contributed by atoms with Gasteiger partial charge in [-0.3, -0.25) is 0 Å². The molecule has 6 heteroatoms. The van der Waals surface area contributed by atoms with Gasteiger partial charge in [-0.05, 0) is 30.7 Å². The van der Waals surface area contributed by atoms with Crippen molar-refractivity contribution in [3.8, 4) is 11.6 Å². The summed E-state index contributed by atoms with van der Waals surface area (Å²) in [5.74, 6) is -0.327. The number of nitrogens with zero attached hydrogens (tertiary/aromatic N) is 1. The number of ether oxygens (including phenoxy) is 1. The number of benzene rings is 1. The first kappa shape index (κ1) is 13.8. The maximum atomic E-state index is 11.0. The minimum Gasteiger partial charge on any atom is -0.478 e. The van der Waals surface area contributed by atoms with Crippen molar-refractivity contribution in [2.45, 2.75) is 6.92 Å². The minimum atomic E-state index is -1.12. The molecule has 2 rings (SSSR count). The Morgan fingerprint density at radius 1 is 1.42 bits per heavy atom. The summed E-state index contributed by atoms with van der Waals surface area (Å²) in [5.41, 5.74) is 0.865. The Morgan fingerprint density at radius 2 is 2.16 bits per heavy atom. The first-order valence-corrected chi connectivity index (χ1v) is 6.47. The Kier molecular flexibility index (Phi) is 4.07. The Labute approximate surface area is 123 Å². The molecule has 0 atom stereocenters. The summed E-state index contributed by atoms with van der Waals surface area (Å²) in [5, 5.41) is 9.05. The lowest BCUT2D eigenvalue weighted by molar-refractivity contribution is 0.0696. The zero-order valence-corrected chi connectivity index (χ0v) is 12.2. The number of aryl methyl sites for hydroxylation is 1. The topological polar surface area (TPSA) is 59.4 Å². The van der Waals surface area contributed by atoms with Gasteiger partial charge in [0.15, 0.2) is 0 Å². The van der Waals surface area contributed by atoms with E-state index in [0.29, 0.717) is 5.75 Å². The molecule has 0 saturated heterocycles. The molecule has 1 aromatic heterocycles. The highest BCUT2D eigenvalue weighted by atomic mass is 79.9. The van der Waals surface area contributed by atoms with Crippen LogP contribution in [0.2, 0.25) is 5.02 Å². The lowest BCUT2D eigenvalue weighted by atomic mass is 10.2. The van der Waals surface area contributed by atoms with Crippen molar-refractivity contribution in [2.24, 2.45) is 0 Å². The van der Waals surface area contributed by atoms with Crippen LogP contribution >= 0.6 is 27.5 Å². The van der Waals surface area contributed by atoms with Crippen LogP contribution in [-0.4, -0.2) is 16.1 Å². The molecule has 0 saturated carbocycles. The molecule has 98 valence electrons. The lowest BCUT2D eigenvalue weighted by Gasteiger charge is -2.09. The number of aromatic nitrogens is 1. The molecule has 1 N–H and O–H groups in total. The standard InChI is InChI=1S/C13H9BrClNO3/c1-7-4-8(14)2-3-11(7)19-12-5-9(13(17)18)10(15)6-16-12/h2-6H,1H3,(H,17,18). The van der Waals surface area contributed by atoms with Crippen molar-refractivity contribution < 1.29 is 14.6 Å². The van der Waals surface area contributed by atoms with Crippen LogP contribution in [0.25, 0.3) is 0 Å². The highest BCUT2D eigenvalue weighted by Crippen LogP contribution is 2.28. The average molecular weight is 343 g/mol. The molecular formula is C13H9BrClNO3. The number of hydrogen-bond donors (Lipinski definition) is 1. The van der Waals surface area contributed by atoms with Crippen LogP contribution in [0.3, 0.4) is 0 Å². The van der Waals surface area contributed by atoms with Crippen molar-refractivity contribution in [2.75, 3.05) is 0 Å². The maximum absolute atomic E-state index is 11.0. The van der Waals surface area contributed by atoms with Gasteiger partial charge >= 0.3 is 5.97 Å². The predicted octanol–water partition coefficient (Wildman–Crippen LogP) is 4.30. The molecule has 1 heterocycles. The van der Waals surface area contributed by atoms with Gasteiger partial charge in [-0.15, -0.1) is 0 Å². The van der Waals surface area contributed by atoms with Gasteiger partial charge in [-0.25, -0.2) is 9.78 Å². The van der Waals surface area contributed by atoms with Crippen LogP contribution in [0, 0.1) is 6.92 Å². The number of carboxylic acid groups (broad SMARTS) is 1. The fourth-order valence-corrected chi connectivity index (χ4v) is 2.14. The van der Waals surface area contributed by atoms with E-state index in [2.05, 4.69) is 20.9 Å². The minimum absolute atomic E-state index is 0.0403. The van der Waals surface area contributed by atoms with Gasteiger partial charge in [0.1, 0.15) is 5.75 Å². The average Bonchev–Trinajstić information content (AvgIpc) is 2.34. The van der Waals surface area contributed by atoms with E-state index in [-0.39, 0.29) is 16.5 Å². The van der Waals surface area contributed by atoms with E-state index in [1.165, 1.54) is 12.3 Å². The molecule has 0 spiro atoms. The van der Waals surface area contributed by atoms with E-state index >= 15 is 0 Å². The molecule has 0 fully saturated rings. The van der Waals surface area contributed by atoms with E-state index in [1.807, 2.05) is 19.1 Å². The fourth-order valence-electron chi connectivity index (χ4n) is 1.48. The molecule has 0 aliphatic carbocycles. The second-order valence-electron chi connectivity index (χ2n) is 3.82. The summed E-state index contributed by atoms with van der Waals surface area (Å²) in [6.45, 7) is 1.88. The smallest absolute Gasteiger partial charge is 0.337 e. The van der Waals surface area contributed by atoms with Crippen molar-refractivity contribution in [1.82, 2.24) is 4.98 Å². The zero-order chi connectivity index (χ0) is 14.0. The normalized spacial score (nSPS) is 10.3. The molecule has 1 aromatic carbocycles. The van der Waals surface area contributed by atoms with Gasteiger partial charge in [0.2, 0.25) is 5.88 Å². The molecule has 0 aliphatic rings. The van der Waals surface area contributed by atoms with Crippen LogP contribution in [0.1, 0.15) is 15.9 Å². The maximum Gasteiger partial charge on any atom is 0.337 e. The highest BCUT2D eigenvalue weighted by molar-refractivity contribution is 9.10. The van der Waals surface area contributed by atoms with Gasteiger partial charge in [-0.2, -0.15) is 0 Å². The number of rotatable bonds is 3. The van der Waals surface area contributed by atoms with E-state index in [0.717, 1.165) is 10.0 Å². The molecular weight excluding hydrogens is 334 g/mol. The first-order chi connectivity index (χ1) is 8.97. The van der Waals surface area contributed by atoms with E-state index in [9.17, 15) is 4.79 Å². The fraction of sp³-hybridized carbons (Fsp3) is 0.0769. The van der Waals surface area contributed by atoms with Crippen LogP contribution in [0.5, 0.6) is 11.6 Å². The lowest BCUT2D eigenvalue weighted by Crippen LogP contribution is -1.99. The second-order valence-corrected chi connectivity index (χ2v) is 5.14. The largest absolute Gasteiger partial charge is 0.478 e. The summed E-state index contributed by atoms with van der Waals surface area (Å²) >= 11 is 9.10. The van der Waals surface area contributed by atoms with E-state index in [1.54, 1.807) is 6.07 Å². The van der Waals surface area contributed by atoms with Crippen LogP contribution in [0.15, 0.2) is 34.9 Å². The quantitative estimate of drug-likeness (QED) is 0.903. The summed E-state index contributed by atoms with van der Waals surface area (Å²) in [4.78, 5) is 14.9. The molecule has 0 aliphatic heterocycles. The van der Waals surface area contributed by atoms with Crippen LogP contribution in [0.4, 0.5) is 0 Å². The number of carboxylic acids is 1. The van der Waals surface area contributed by atoms with E-state index in [4.69, 9.17) is 21.4 Å². The molecule has 2 aromatic rings. The third-order valence-corrected chi connectivity index (χ3v) is 3.21. The molecule has 0 bridgehead atoms. The third kappa shape index (κ3) is 3.24. The van der Waals surface area contributed by atoms with Gasteiger partial charge in [-0.1, -0.05) is 27.5 Å². The second kappa shape index (κ2) is 5.59. The zero-order valence-electron chi connectivity index (χ0n) is 9.85.